The van der Waals surface area contributed by atoms with Crippen LogP contribution in [0.4, 0.5) is 4.39 Å². The van der Waals surface area contributed by atoms with E-state index in [0.29, 0.717) is 29.1 Å². The molecule has 0 spiro atoms. The molecular weight excluding hydrogens is 389 g/mol. The second-order valence-electron chi connectivity index (χ2n) is 5.81. The fourth-order valence-electron chi connectivity index (χ4n) is 2.30. The maximum Gasteiger partial charge on any atom is 0.277 e. The van der Waals surface area contributed by atoms with Crippen molar-refractivity contribution in [1.82, 2.24) is 15.5 Å². The van der Waals surface area contributed by atoms with Crippen molar-refractivity contribution in [2.75, 3.05) is 6.54 Å². The van der Waals surface area contributed by atoms with Crippen LogP contribution in [0.3, 0.4) is 0 Å². The van der Waals surface area contributed by atoms with Crippen LogP contribution in [0.1, 0.15) is 12.5 Å². The van der Waals surface area contributed by atoms with Crippen molar-refractivity contribution in [2.24, 2.45) is 0 Å². The van der Waals surface area contributed by atoms with Gasteiger partial charge in [-0.25, -0.2) is 4.39 Å². The molecule has 8 heteroatoms. The third-order valence-electron chi connectivity index (χ3n) is 3.77. The molecule has 3 aromatic rings. The molecular formula is C19H17ClFN3O2S. The first-order chi connectivity index (χ1) is 13.0. The highest BCUT2D eigenvalue weighted by atomic mass is 35.5. The maximum atomic E-state index is 12.9. The van der Waals surface area contributed by atoms with E-state index < -0.39 is 5.25 Å². The van der Waals surface area contributed by atoms with E-state index in [1.54, 1.807) is 43.3 Å². The van der Waals surface area contributed by atoms with E-state index in [4.69, 9.17) is 16.0 Å². The monoisotopic (exact) mass is 405 g/mol. The van der Waals surface area contributed by atoms with Gasteiger partial charge in [0.05, 0.1) is 5.25 Å². The Balaban J connectivity index is 1.49. The number of hydrogen-bond donors (Lipinski definition) is 1. The Labute approximate surface area is 165 Å². The van der Waals surface area contributed by atoms with Gasteiger partial charge in [-0.15, -0.1) is 10.2 Å². The topological polar surface area (TPSA) is 68.0 Å². The maximum absolute atomic E-state index is 12.9. The summed E-state index contributed by atoms with van der Waals surface area (Å²) in [6.45, 7) is 2.24. The summed E-state index contributed by atoms with van der Waals surface area (Å²) in [5.74, 6) is -0.0308. The van der Waals surface area contributed by atoms with E-state index in [2.05, 4.69) is 15.5 Å². The van der Waals surface area contributed by atoms with Crippen molar-refractivity contribution in [3.63, 3.8) is 0 Å². The molecule has 2 aromatic carbocycles. The first-order valence-electron chi connectivity index (χ1n) is 8.29. The van der Waals surface area contributed by atoms with Crippen LogP contribution in [0.25, 0.3) is 11.5 Å². The van der Waals surface area contributed by atoms with Gasteiger partial charge in [0.25, 0.3) is 5.22 Å². The fourth-order valence-corrected chi connectivity index (χ4v) is 3.13. The molecule has 1 heterocycles. The molecule has 0 unspecified atom stereocenters. The number of aromatic nitrogens is 2. The first-order valence-corrected chi connectivity index (χ1v) is 9.55. The molecule has 0 saturated heterocycles. The van der Waals surface area contributed by atoms with Crippen LogP contribution in [-0.2, 0) is 11.2 Å². The number of amides is 1. The summed E-state index contributed by atoms with van der Waals surface area (Å²) in [5.41, 5.74) is 1.72. The Morgan fingerprint density at radius 2 is 1.89 bits per heavy atom. The number of halogens is 2. The normalized spacial score (nSPS) is 12.0. The number of carbonyl (C=O) groups excluding carboxylic acids is 1. The highest BCUT2D eigenvalue weighted by molar-refractivity contribution is 8.00. The van der Waals surface area contributed by atoms with Crippen molar-refractivity contribution in [3.8, 4) is 11.5 Å². The first kappa shape index (κ1) is 19.4. The lowest BCUT2D eigenvalue weighted by atomic mass is 10.1. The van der Waals surface area contributed by atoms with Crippen molar-refractivity contribution in [1.29, 1.82) is 0 Å². The van der Waals surface area contributed by atoms with Crippen LogP contribution in [0.15, 0.2) is 58.2 Å². The van der Waals surface area contributed by atoms with Gasteiger partial charge >= 0.3 is 0 Å². The van der Waals surface area contributed by atoms with Crippen LogP contribution in [0.2, 0.25) is 5.02 Å². The molecule has 3 rings (SSSR count). The summed E-state index contributed by atoms with van der Waals surface area (Å²) in [5, 5.41) is 11.4. The van der Waals surface area contributed by atoms with Crippen molar-refractivity contribution >= 4 is 29.3 Å². The third kappa shape index (κ3) is 5.55. The molecule has 0 saturated carbocycles. The standard InChI is InChI=1S/C19H17ClFN3O2S/c1-12(17(25)22-11-10-13-2-8-16(21)9-3-13)27-19-24-23-18(26-19)14-4-6-15(20)7-5-14/h2-9,12H,10-11H2,1H3,(H,22,25)/t12-/m0/s1. The van der Waals surface area contributed by atoms with Gasteiger partial charge in [-0.3, -0.25) is 4.79 Å². The third-order valence-corrected chi connectivity index (χ3v) is 4.96. The highest BCUT2D eigenvalue weighted by Gasteiger charge is 2.18. The molecule has 0 aliphatic heterocycles. The Kier molecular flexibility index (Phi) is 6.47. The quantitative estimate of drug-likeness (QED) is 0.591. The van der Waals surface area contributed by atoms with Crippen LogP contribution < -0.4 is 5.32 Å². The molecule has 1 atom stereocenters. The van der Waals surface area contributed by atoms with Crippen LogP contribution in [0, 0.1) is 5.82 Å². The summed E-state index contributed by atoms with van der Waals surface area (Å²) >= 11 is 7.05. The average Bonchev–Trinajstić information content (AvgIpc) is 3.12. The lowest BCUT2D eigenvalue weighted by Gasteiger charge is -2.09. The molecule has 0 aliphatic rings. The number of nitrogens with one attached hydrogen (secondary N) is 1. The minimum atomic E-state index is -0.392. The van der Waals surface area contributed by atoms with E-state index in [1.165, 1.54) is 23.9 Å². The molecule has 140 valence electrons. The van der Waals surface area contributed by atoms with Crippen LogP contribution in [-0.4, -0.2) is 27.9 Å². The molecule has 1 aromatic heterocycles. The molecule has 5 nitrogen and oxygen atoms in total. The van der Waals surface area contributed by atoms with Crippen molar-refractivity contribution in [2.45, 2.75) is 23.8 Å². The van der Waals surface area contributed by atoms with Crippen molar-refractivity contribution < 1.29 is 13.6 Å². The van der Waals surface area contributed by atoms with Gasteiger partial charge in [0, 0.05) is 17.1 Å². The molecule has 1 N–H and O–H groups in total. The number of carbonyl (C=O) groups is 1. The van der Waals surface area contributed by atoms with Gasteiger partial charge in [-0.2, -0.15) is 0 Å². The summed E-state index contributed by atoms with van der Waals surface area (Å²) in [6.07, 6.45) is 0.630. The van der Waals surface area contributed by atoms with E-state index in [1.807, 2.05) is 0 Å². The number of thioether (sulfide) groups is 1. The van der Waals surface area contributed by atoms with Gasteiger partial charge in [-0.1, -0.05) is 35.5 Å². The zero-order valence-electron chi connectivity index (χ0n) is 14.5. The molecule has 27 heavy (non-hydrogen) atoms. The highest BCUT2D eigenvalue weighted by Crippen LogP contribution is 2.26. The number of benzene rings is 2. The van der Waals surface area contributed by atoms with Gasteiger partial charge in [0.2, 0.25) is 11.8 Å². The Morgan fingerprint density at radius 1 is 1.19 bits per heavy atom. The van der Waals surface area contributed by atoms with Crippen LogP contribution >= 0.6 is 23.4 Å². The summed E-state index contributed by atoms with van der Waals surface area (Å²) < 4.78 is 18.5. The van der Waals surface area contributed by atoms with E-state index in [9.17, 15) is 9.18 Å². The second-order valence-corrected chi connectivity index (χ2v) is 7.54. The lowest BCUT2D eigenvalue weighted by molar-refractivity contribution is -0.120. The predicted molar refractivity (Wildman–Crippen MR) is 103 cm³/mol. The molecule has 0 radical (unpaired) electrons. The molecule has 0 aliphatic carbocycles. The number of rotatable bonds is 7. The van der Waals surface area contributed by atoms with Gasteiger partial charge in [0.15, 0.2) is 0 Å². The zero-order valence-corrected chi connectivity index (χ0v) is 16.1. The Hall–Kier alpha value is -2.38. The molecule has 0 bridgehead atoms. The summed E-state index contributed by atoms with van der Waals surface area (Å²) in [6, 6.07) is 13.3. The summed E-state index contributed by atoms with van der Waals surface area (Å²) in [4.78, 5) is 12.2. The van der Waals surface area contributed by atoms with Gasteiger partial charge in [0.1, 0.15) is 5.82 Å². The van der Waals surface area contributed by atoms with Gasteiger partial charge in [-0.05, 0) is 55.3 Å². The minimum absolute atomic E-state index is 0.131. The molecule has 0 fully saturated rings. The van der Waals surface area contributed by atoms with Crippen LogP contribution in [0.5, 0.6) is 0 Å². The Morgan fingerprint density at radius 3 is 2.59 bits per heavy atom. The lowest BCUT2D eigenvalue weighted by Crippen LogP contribution is -2.32. The van der Waals surface area contributed by atoms with E-state index in [0.717, 1.165) is 11.1 Å². The fraction of sp³-hybridized carbons (Fsp3) is 0.211. The SMILES string of the molecule is C[C@H](Sc1nnc(-c2ccc(Cl)cc2)o1)C(=O)NCCc1ccc(F)cc1. The minimum Gasteiger partial charge on any atom is -0.411 e. The molecule has 1 amide bonds. The second kappa shape index (κ2) is 9.01. The van der Waals surface area contributed by atoms with Crippen molar-refractivity contribution in [3.05, 3.63) is 64.9 Å². The number of nitrogens with zero attached hydrogens (tertiary/aromatic N) is 2. The average molecular weight is 406 g/mol. The largest absolute Gasteiger partial charge is 0.411 e. The Bertz CT molecular complexity index is 900. The predicted octanol–water partition coefficient (Wildman–Crippen LogP) is 4.37. The van der Waals surface area contributed by atoms with E-state index in [-0.39, 0.29) is 11.7 Å². The number of hydrogen-bond acceptors (Lipinski definition) is 5. The smallest absolute Gasteiger partial charge is 0.277 e. The summed E-state index contributed by atoms with van der Waals surface area (Å²) in [7, 11) is 0. The zero-order chi connectivity index (χ0) is 19.2. The van der Waals surface area contributed by atoms with Gasteiger partial charge < -0.3 is 9.73 Å². The van der Waals surface area contributed by atoms with E-state index >= 15 is 0 Å².